The monoisotopic (exact) mass is 211 g/mol. The van der Waals surface area contributed by atoms with Crippen LogP contribution in [0.5, 0.6) is 0 Å². The Hall–Kier alpha value is -1.63. The molecule has 0 spiro atoms. The molecule has 0 saturated heterocycles. The predicted octanol–water partition coefficient (Wildman–Crippen LogP) is -1.38. The van der Waals surface area contributed by atoms with Crippen molar-refractivity contribution in [2.24, 2.45) is 0 Å². The van der Waals surface area contributed by atoms with Crippen molar-refractivity contribution in [3.05, 3.63) is 20.8 Å². The van der Waals surface area contributed by atoms with Crippen molar-refractivity contribution in [3.8, 4) is 0 Å². The van der Waals surface area contributed by atoms with Crippen molar-refractivity contribution in [2.75, 3.05) is 18.4 Å². The van der Waals surface area contributed by atoms with Gasteiger partial charge in [-0.15, -0.1) is 5.10 Å². The summed E-state index contributed by atoms with van der Waals surface area (Å²) in [4.78, 5) is 23.9. The first-order chi connectivity index (χ1) is 7.25. The van der Waals surface area contributed by atoms with E-state index in [0.29, 0.717) is 12.6 Å². The standard InChI is InChI=1S/C8H13N5O2/c14-7-6(12-13-8(15)11-7)10-4-3-9-5-1-2-5/h5,9H,1-4H2,(H,10,12)(H2,11,13,14,15). The molecule has 1 aliphatic carbocycles. The molecule has 7 nitrogen and oxygen atoms in total. The first-order valence-corrected chi connectivity index (χ1v) is 4.92. The summed E-state index contributed by atoms with van der Waals surface area (Å²) in [6.45, 7) is 1.39. The van der Waals surface area contributed by atoms with Gasteiger partial charge in [0.25, 0.3) is 5.56 Å². The summed E-state index contributed by atoms with van der Waals surface area (Å²) in [6.07, 6.45) is 2.47. The Bertz CT molecular complexity index is 433. The van der Waals surface area contributed by atoms with E-state index in [1.54, 1.807) is 0 Å². The van der Waals surface area contributed by atoms with Crippen molar-refractivity contribution in [3.63, 3.8) is 0 Å². The Balaban J connectivity index is 1.81. The third-order valence-electron chi connectivity index (χ3n) is 2.14. The van der Waals surface area contributed by atoms with Crippen molar-refractivity contribution >= 4 is 5.82 Å². The molecule has 1 fully saturated rings. The lowest BCUT2D eigenvalue weighted by Crippen LogP contribution is -2.30. The first-order valence-electron chi connectivity index (χ1n) is 4.92. The van der Waals surface area contributed by atoms with Crippen LogP contribution in [0.15, 0.2) is 9.59 Å². The van der Waals surface area contributed by atoms with Crippen molar-refractivity contribution in [1.82, 2.24) is 20.5 Å². The van der Waals surface area contributed by atoms with E-state index in [2.05, 4.69) is 25.8 Å². The summed E-state index contributed by atoms with van der Waals surface area (Å²) in [6, 6.07) is 0.647. The van der Waals surface area contributed by atoms with Crippen LogP contribution in [-0.2, 0) is 0 Å². The number of rotatable bonds is 5. The van der Waals surface area contributed by atoms with Gasteiger partial charge in [0, 0.05) is 19.1 Å². The number of nitrogens with zero attached hydrogens (tertiary/aromatic N) is 1. The van der Waals surface area contributed by atoms with Crippen LogP contribution in [-0.4, -0.2) is 34.3 Å². The van der Waals surface area contributed by atoms with E-state index >= 15 is 0 Å². The molecule has 4 N–H and O–H groups in total. The van der Waals surface area contributed by atoms with Crippen LogP contribution in [0.1, 0.15) is 12.8 Å². The highest BCUT2D eigenvalue weighted by atomic mass is 16.2. The largest absolute Gasteiger partial charge is 0.363 e. The molecule has 82 valence electrons. The number of H-pyrrole nitrogens is 2. The van der Waals surface area contributed by atoms with E-state index < -0.39 is 11.2 Å². The molecule has 0 unspecified atom stereocenters. The minimum absolute atomic E-state index is 0.146. The van der Waals surface area contributed by atoms with Gasteiger partial charge in [0.2, 0.25) is 5.82 Å². The minimum atomic E-state index is -0.596. The highest BCUT2D eigenvalue weighted by molar-refractivity contribution is 5.28. The fraction of sp³-hybridized carbons (Fsp3) is 0.625. The van der Waals surface area contributed by atoms with Crippen molar-refractivity contribution in [1.29, 1.82) is 0 Å². The topological polar surface area (TPSA) is 103 Å². The van der Waals surface area contributed by atoms with Gasteiger partial charge in [-0.05, 0) is 12.8 Å². The molecule has 1 heterocycles. The van der Waals surface area contributed by atoms with Crippen molar-refractivity contribution in [2.45, 2.75) is 18.9 Å². The number of nitrogens with one attached hydrogen (secondary N) is 4. The summed E-state index contributed by atoms with van der Waals surface area (Å²) in [5.41, 5.74) is -1.09. The summed E-state index contributed by atoms with van der Waals surface area (Å²) < 4.78 is 0. The SMILES string of the molecule is O=c1[nH]nc(NCCNC2CC2)c(=O)[nH]1. The maximum Gasteiger partial charge on any atom is 0.342 e. The van der Waals surface area contributed by atoms with Crippen molar-refractivity contribution < 1.29 is 0 Å². The smallest absolute Gasteiger partial charge is 0.342 e. The van der Waals surface area contributed by atoms with Gasteiger partial charge in [-0.25, -0.2) is 9.89 Å². The van der Waals surface area contributed by atoms with Crippen LogP contribution in [0.3, 0.4) is 0 Å². The normalized spacial score (nSPS) is 15.2. The summed E-state index contributed by atoms with van der Waals surface area (Å²) >= 11 is 0. The van der Waals surface area contributed by atoms with E-state index in [0.717, 1.165) is 6.54 Å². The van der Waals surface area contributed by atoms with Crippen LogP contribution in [0.2, 0.25) is 0 Å². The number of hydrogen-bond donors (Lipinski definition) is 4. The van der Waals surface area contributed by atoms with Crippen LogP contribution in [0.4, 0.5) is 5.82 Å². The predicted molar refractivity (Wildman–Crippen MR) is 55.0 cm³/mol. The lowest BCUT2D eigenvalue weighted by molar-refractivity contribution is 0.698. The number of anilines is 1. The maximum absolute atomic E-state index is 11.2. The van der Waals surface area contributed by atoms with Gasteiger partial charge in [-0.1, -0.05) is 0 Å². The van der Waals surface area contributed by atoms with E-state index in [-0.39, 0.29) is 5.82 Å². The summed E-state index contributed by atoms with van der Waals surface area (Å²) in [5, 5.41) is 11.9. The summed E-state index contributed by atoms with van der Waals surface area (Å²) in [7, 11) is 0. The first kappa shape index (κ1) is 9.91. The van der Waals surface area contributed by atoms with E-state index in [4.69, 9.17) is 0 Å². The van der Waals surface area contributed by atoms with Gasteiger partial charge in [0.1, 0.15) is 0 Å². The molecule has 7 heteroatoms. The van der Waals surface area contributed by atoms with Gasteiger partial charge in [0.05, 0.1) is 0 Å². The molecule has 1 aliphatic rings. The van der Waals surface area contributed by atoms with Gasteiger partial charge >= 0.3 is 5.69 Å². The molecular formula is C8H13N5O2. The molecule has 2 rings (SSSR count). The molecule has 0 amide bonds. The van der Waals surface area contributed by atoms with Crippen LogP contribution >= 0.6 is 0 Å². The van der Waals surface area contributed by atoms with Gasteiger partial charge in [-0.2, -0.15) is 0 Å². The summed E-state index contributed by atoms with van der Waals surface area (Å²) in [5.74, 6) is 0.146. The number of hydrogen-bond acceptors (Lipinski definition) is 5. The van der Waals surface area contributed by atoms with Crippen LogP contribution in [0, 0.1) is 0 Å². The average molecular weight is 211 g/mol. The highest BCUT2D eigenvalue weighted by Crippen LogP contribution is 2.17. The number of aromatic amines is 2. The second-order valence-electron chi connectivity index (χ2n) is 3.51. The van der Waals surface area contributed by atoms with Gasteiger partial charge in [-0.3, -0.25) is 9.78 Å². The van der Waals surface area contributed by atoms with Gasteiger partial charge in [0.15, 0.2) is 0 Å². The lowest BCUT2D eigenvalue weighted by Gasteiger charge is -2.04. The zero-order chi connectivity index (χ0) is 10.7. The van der Waals surface area contributed by atoms with Gasteiger partial charge < -0.3 is 10.6 Å². The van der Waals surface area contributed by atoms with Crippen LogP contribution < -0.4 is 21.9 Å². The maximum atomic E-state index is 11.2. The third-order valence-corrected chi connectivity index (χ3v) is 2.14. The zero-order valence-electron chi connectivity index (χ0n) is 8.17. The Kier molecular flexibility index (Phi) is 2.82. The lowest BCUT2D eigenvalue weighted by atomic mass is 10.5. The molecule has 0 bridgehead atoms. The zero-order valence-corrected chi connectivity index (χ0v) is 8.17. The molecular weight excluding hydrogens is 198 g/mol. The van der Waals surface area contributed by atoms with E-state index in [9.17, 15) is 9.59 Å². The molecule has 1 aromatic rings. The third kappa shape index (κ3) is 2.91. The molecule has 15 heavy (non-hydrogen) atoms. The Labute approximate surface area is 85.3 Å². The molecule has 0 aromatic carbocycles. The van der Waals surface area contributed by atoms with Crippen LogP contribution in [0.25, 0.3) is 0 Å². The fourth-order valence-electron chi connectivity index (χ4n) is 1.21. The minimum Gasteiger partial charge on any atom is -0.363 e. The molecule has 0 aliphatic heterocycles. The average Bonchev–Trinajstić information content (AvgIpc) is 2.99. The van der Waals surface area contributed by atoms with E-state index in [1.807, 2.05) is 0 Å². The molecule has 1 saturated carbocycles. The highest BCUT2D eigenvalue weighted by Gasteiger charge is 2.19. The Morgan fingerprint density at radius 3 is 2.80 bits per heavy atom. The van der Waals surface area contributed by atoms with E-state index in [1.165, 1.54) is 12.8 Å². The number of aromatic nitrogens is 3. The Morgan fingerprint density at radius 1 is 1.33 bits per heavy atom. The second-order valence-corrected chi connectivity index (χ2v) is 3.51. The fourth-order valence-corrected chi connectivity index (χ4v) is 1.21. The molecule has 0 atom stereocenters. The Morgan fingerprint density at radius 2 is 2.13 bits per heavy atom. The molecule has 0 radical (unpaired) electrons. The second kappa shape index (κ2) is 4.26. The molecule has 1 aromatic heterocycles. The quantitative estimate of drug-likeness (QED) is 0.450.